The fourth-order valence-electron chi connectivity index (χ4n) is 2.27. The maximum atomic E-state index is 3.62. The molecule has 0 bridgehead atoms. The third-order valence-corrected chi connectivity index (χ3v) is 3.38. The Hall–Kier alpha value is -1.02. The molecule has 1 aromatic carbocycles. The molecule has 0 aromatic heterocycles. The Kier molecular flexibility index (Phi) is 2.37. The van der Waals surface area contributed by atoms with Crippen LogP contribution in [0.4, 0.5) is 5.69 Å². The van der Waals surface area contributed by atoms with Gasteiger partial charge in [-0.05, 0) is 36.8 Å². The number of hydrogen-bond donors (Lipinski definition) is 2. The van der Waals surface area contributed by atoms with Crippen LogP contribution >= 0.6 is 0 Å². The summed E-state index contributed by atoms with van der Waals surface area (Å²) in [6.45, 7) is 2.29. The normalized spacial score (nSPS) is 24.4. The Labute approximate surface area is 91.1 Å². The second-order valence-corrected chi connectivity index (χ2v) is 4.79. The first-order chi connectivity index (χ1) is 7.42. The molecule has 2 nitrogen and oxygen atoms in total. The van der Waals surface area contributed by atoms with Gasteiger partial charge in [-0.1, -0.05) is 18.2 Å². The molecule has 0 saturated heterocycles. The van der Waals surface area contributed by atoms with E-state index >= 15 is 0 Å². The minimum atomic E-state index is 0.764. The second-order valence-electron chi connectivity index (χ2n) is 4.79. The van der Waals surface area contributed by atoms with Gasteiger partial charge in [0.15, 0.2) is 0 Å². The summed E-state index contributed by atoms with van der Waals surface area (Å²) in [7, 11) is 0. The molecule has 80 valence electrons. The molecule has 1 heterocycles. The highest BCUT2D eigenvalue weighted by Crippen LogP contribution is 2.25. The van der Waals surface area contributed by atoms with Crippen LogP contribution in [0.3, 0.4) is 0 Å². The Morgan fingerprint density at radius 3 is 3.00 bits per heavy atom. The molecule has 1 unspecified atom stereocenters. The van der Waals surface area contributed by atoms with Crippen molar-refractivity contribution in [2.45, 2.75) is 25.3 Å². The fraction of sp³-hybridized carbons (Fsp3) is 0.538. The Bertz CT molecular complexity index is 344. The van der Waals surface area contributed by atoms with Crippen molar-refractivity contribution >= 4 is 5.69 Å². The molecule has 1 atom stereocenters. The average molecular weight is 202 g/mol. The van der Waals surface area contributed by atoms with Crippen LogP contribution in [0.25, 0.3) is 0 Å². The Morgan fingerprint density at radius 2 is 2.13 bits per heavy atom. The standard InChI is InChI=1S/C13H18N2/c1-2-4-13-11(3-1)7-10(9-15-13)8-14-12-5-6-12/h1-4,10,12,14-15H,5-9H2. The van der Waals surface area contributed by atoms with E-state index in [1.165, 1.54) is 37.1 Å². The Balaban J connectivity index is 1.61. The molecule has 0 spiro atoms. The van der Waals surface area contributed by atoms with Crippen molar-refractivity contribution in [1.82, 2.24) is 5.32 Å². The summed E-state index contributed by atoms with van der Waals surface area (Å²) in [6, 6.07) is 9.50. The molecule has 1 aliphatic heterocycles. The quantitative estimate of drug-likeness (QED) is 0.783. The van der Waals surface area contributed by atoms with Crippen LogP contribution in [0.2, 0.25) is 0 Å². The third kappa shape index (κ3) is 2.15. The smallest absolute Gasteiger partial charge is 0.0372 e. The monoisotopic (exact) mass is 202 g/mol. The molecule has 15 heavy (non-hydrogen) atoms. The van der Waals surface area contributed by atoms with Gasteiger partial charge in [0.25, 0.3) is 0 Å². The lowest BCUT2D eigenvalue weighted by atomic mass is 9.94. The summed E-state index contributed by atoms with van der Waals surface area (Å²) in [4.78, 5) is 0. The highest BCUT2D eigenvalue weighted by atomic mass is 15.0. The lowest BCUT2D eigenvalue weighted by Gasteiger charge is -2.26. The van der Waals surface area contributed by atoms with Crippen LogP contribution in [-0.4, -0.2) is 19.1 Å². The summed E-state index contributed by atoms with van der Waals surface area (Å²) < 4.78 is 0. The molecule has 0 radical (unpaired) electrons. The molecule has 0 amide bonds. The van der Waals surface area contributed by atoms with E-state index in [4.69, 9.17) is 0 Å². The van der Waals surface area contributed by atoms with Gasteiger partial charge in [-0.25, -0.2) is 0 Å². The van der Waals surface area contributed by atoms with E-state index in [0.717, 1.165) is 18.5 Å². The molecule has 1 aliphatic carbocycles. The maximum absolute atomic E-state index is 3.62. The van der Waals surface area contributed by atoms with Gasteiger partial charge < -0.3 is 10.6 Å². The highest BCUT2D eigenvalue weighted by molar-refractivity contribution is 5.53. The largest absolute Gasteiger partial charge is 0.384 e. The van der Waals surface area contributed by atoms with Crippen LogP contribution in [0.15, 0.2) is 24.3 Å². The van der Waals surface area contributed by atoms with Crippen molar-refractivity contribution in [3.63, 3.8) is 0 Å². The minimum absolute atomic E-state index is 0.764. The van der Waals surface area contributed by atoms with Gasteiger partial charge in [-0.2, -0.15) is 0 Å². The number of rotatable bonds is 3. The van der Waals surface area contributed by atoms with Gasteiger partial charge in [0.1, 0.15) is 0 Å². The van der Waals surface area contributed by atoms with Crippen molar-refractivity contribution in [3.8, 4) is 0 Å². The van der Waals surface area contributed by atoms with E-state index in [1.54, 1.807) is 0 Å². The molecule has 1 fully saturated rings. The van der Waals surface area contributed by atoms with E-state index in [0.29, 0.717) is 0 Å². The fourth-order valence-corrected chi connectivity index (χ4v) is 2.27. The SMILES string of the molecule is c1ccc2c(c1)CC(CNC1CC1)CN2. The van der Waals surface area contributed by atoms with E-state index in [2.05, 4.69) is 34.9 Å². The van der Waals surface area contributed by atoms with Crippen LogP contribution in [0.1, 0.15) is 18.4 Å². The number of fused-ring (bicyclic) bond motifs is 1. The van der Waals surface area contributed by atoms with Crippen LogP contribution in [0, 0.1) is 5.92 Å². The van der Waals surface area contributed by atoms with Crippen molar-refractivity contribution in [2.75, 3.05) is 18.4 Å². The number of anilines is 1. The van der Waals surface area contributed by atoms with Gasteiger partial charge in [0.05, 0.1) is 0 Å². The zero-order valence-electron chi connectivity index (χ0n) is 9.00. The molecule has 2 N–H and O–H groups in total. The lowest BCUT2D eigenvalue weighted by Crippen LogP contribution is -2.33. The Morgan fingerprint density at radius 1 is 1.27 bits per heavy atom. The summed E-state index contributed by atoms with van der Waals surface area (Å²) >= 11 is 0. The average Bonchev–Trinajstić information content (AvgIpc) is 3.10. The number of para-hydroxylation sites is 1. The highest BCUT2D eigenvalue weighted by Gasteiger charge is 2.23. The number of benzene rings is 1. The van der Waals surface area contributed by atoms with E-state index < -0.39 is 0 Å². The molecule has 2 aliphatic rings. The predicted molar refractivity (Wildman–Crippen MR) is 63.2 cm³/mol. The van der Waals surface area contributed by atoms with Gasteiger partial charge in [-0.15, -0.1) is 0 Å². The topological polar surface area (TPSA) is 24.1 Å². The maximum Gasteiger partial charge on any atom is 0.0372 e. The van der Waals surface area contributed by atoms with E-state index in [9.17, 15) is 0 Å². The summed E-state index contributed by atoms with van der Waals surface area (Å²) in [6.07, 6.45) is 4.00. The second kappa shape index (κ2) is 3.86. The molecule has 3 rings (SSSR count). The zero-order valence-corrected chi connectivity index (χ0v) is 9.00. The van der Waals surface area contributed by atoms with E-state index in [1.807, 2.05) is 0 Å². The van der Waals surface area contributed by atoms with Crippen molar-refractivity contribution in [2.24, 2.45) is 5.92 Å². The van der Waals surface area contributed by atoms with Gasteiger partial charge in [-0.3, -0.25) is 0 Å². The van der Waals surface area contributed by atoms with Crippen LogP contribution < -0.4 is 10.6 Å². The van der Waals surface area contributed by atoms with Crippen LogP contribution in [0.5, 0.6) is 0 Å². The summed E-state index contributed by atoms with van der Waals surface area (Å²) in [5, 5.41) is 7.13. The first-order valence-electron chi connectivity index (χ1n) is 5.97. The molecule has 2 heteroatoms. The van der Waals surface area contributed by atoms with Crippen molar-refractivity contribution < 1.29 is 0 Å². The molecular formula is C13H18N2. The summed E-state index contributed by atoms with van der Waals surface area (Å²) in [5.74, 6) is 0.764. The van der Waals surface area contributed by atoms with E-state index in [-0.39, 0.29) is 0 Å². The van der Waals surface area contributed by atoms with Crippen molar-refractivity contribution in [3.05, 3.63) is 29.8 Å². The number of nitrogens with one attached hydrogen (secondary N) is 2. The molecule has 1 aromatic rings. The lowest BCUT2D eigenvalue weighted by molar-refractivity contribution is 0.482. The van der Waals surface area contributed by atoms with Crippen molar-refractivity contribution in [1.29, 1.82) is 0 Å². The first-order valence-corrected chi connectivity index (χ1v) is 5.97. The third-order valence-electron chi connectivity index (χ3n) is 3.38. The minimum Gasteiger partial charge on any atom is -0.384 e. The zero-order chi connectivity index (χ0) is 10.1. The van der Waals surface area contributed by atoms with Gasteiger partial charge in [0.2, 0.25) is 0 Å². The number of hydrogen-bond acceptors (Lipinski definition) is 2. The molecular weight excluding hydrogens is 184 g/mol. The van der Waals surface area contributed by atoms with Gasteiger partial charge >= 0.3 is 0 Å². The van der Waals surface area contributed by atoms with Crippen LogP contribution in [-0.2, 0) is 6.42 Å². The summed E-state index contributed by atoms with van der Waals surface area (Å²) in [5.41, 5.74) is 2.81. The molecule has 1 saturated carbocycles. The predicted octanol–water partition coefficient (Wildman–Crippen LogP) is 2.02. The first kappa shape index (κ1) is 9.22. The van der Waals surface area contributed by atoms with Gasteiger partial charge in [0, 0.05) is 24.8 Å².